The fourth-order valence-corrected chi connectivity index (χ4v) is 3.18. The molecule has 1 saturated heterocycles. The largest absolute Gasteiger partial charge is 0.493 e. The van der Waals surface area contributed by atoms with E-state index in [2.05, 4.69) is 0 Å². The number of carbonyl (C=O) groups is 1. The zero-order valence-electron chi connectivity index (χ0n) is 16.5. The summed E-state index contributed by atoms with van der Waals surface area (Å²) in [4.78, 5) is 11.8. The molecule has 0 saturated carbocycles. The van der Waals surface area contributed by atoms with Gasteiger partial charge in [0.25, 0.3) is 0 Å². The average molecular weight is 420 g/mol. The van der Waals surface area contributed by atoms with Crippen LogP contribution in [0.3, 0.4) is 0 Å². The molecule has 1 heterocycles. The topological polar surface area (TPSA) is 135 Å². The Labute approximate surface area is 173 Å². The SMILES string of the molecule is COC(=O)c1cccc(-c2ccc(OC3O[C@@H](CO)[C@@H](O)[C@H](O)[C@H]3O)c(OC)c2)c1. The van der Waals surface area contributed by atoms with E-state index in [1.54, 1.807) is 36.4 Å². The summed E-state index contributed by atoms with van der Waals surface area (Å²) in [5.74, 6) is 0.0778. The molecular weight excluding hydrogens is 396 g/mol. The van der Waals surface area contributed by atoms with Crippen molar-refractivity contribution >= 4 is 5.97 Å². The third-order valence-electron chi connectivity index (χ3n) is 4.87. The van der Waals surface area contributed by atoms with Gasteiger partial charge in [-0.05, 0) is 35.4 Å². The Morgan fingerprint density at radius 2 is 1.70 bits per heavy atom. The number of aliphatic hydroxyl groups excluding tert-OH is 4. The van der Waals surface area contributed by atoms with Gasteiger partial charge in [-0.1, -0.05) is 18.2 Å². The molecule has 0 aromatic heterocycles. The molecule has 1 aliphatic rings. The van der Waals surface area contributed by atoms with E-state index < -0.39 is 43.3 Å². The van der Waals surface area contributed by atoms with Gasteiger partial charge in [-0.2, -0.15) is 0 Å². The highest BCUT2D eigenvalue weighted by molar-refractivity contribution is 5.91. The molecule has 1 aliphatic heterocycles. The Hall–Kier alpha value is -2.69. The number of benzene rings is 2. The molecule has 0 radical (unpaired) electrons. The third-order valence-corrected chi connectivity index (χ3v) is 4.87. The van der Waals surface area contributed by atoms with Crippen molar-refractivity contribution in [1.29, 1.82) is 0 Å². The van der Waals surface area contributed by atoms with Crippen molar-refractivity contribution in [3.05, 3.63) is 48.0 Å². The van der Waals surface area contributed by atoms with Crippen molar-refractivity contribution in [1.82, 2.24) is 0 Å². The van der Waals surface area contributed by atoms with E-state index in [4.69, 9.17) is 18.9 Å². The van der Waals surface area contributed by atoms with Crippen molar-refractivity contribution in [2.45, 2.75) is 30.7 Å². The van der Waals surface area contributed by atoms with E-state index in [0.29, 0.717) is 11.3 Å². The highest BCUT2D eigenvalue weighted by atomic mass is 16.7. The van der Waals surface area contributed by atoms with Crippen LogP contribution >= 0.6 is 0 Å². The number of aliphatic hydroxyl groups is 4. The van der Waals surface area contributed by atoms with Crippen LogP contribution in [0, 0.1) is 0 Å². The summed E-state index contributed by atoms with van der Waals surface area (Å²) in [5, 5.41) is 39.3. The second kappa shape index (κ2) is 9.41. The summed E-state index contributed by atoms with van der Waals surface area (Å²) in [5.41, 5.74) is 1.88. The van der Waals surface area contributed by atoms with Gasteiger partial charge in [0.1, 0.15) is 24.4 Å². The van der Waals surface area contributed by atoms with Crippen LogP contribution in [0.1, 0.15) is 10.4 Å². The smallest absolute Gasteiger partial charge is 0.337 e. The van der Waals surface area contributed by atoms with E-state index in [0.717, 1.165) is 11.1 Å². The van der Waals surface area contributed by atoms with Gasteiger partial charge in [0.2, 0.25) is 6.29 Å². The Balaban J connectivity index is 1.85. The average Bonchev–Trinajstić information content (AvgIpc) is 2.79. The maximum atomic E-state index is 11.8. The van der Waals surface area contributed by atoms with Crippen LogP contribution in [-0.2, 0) is 9.47 Å². The number of methoxy groups -OCH3 is 2. The molecule has 5 atom stereocenters. The lowest BCUT2D eigenvalue weighted by Crippen LogP contribution is -2.60. The first-order valence-corrected chi connectivity index (χ1v) is 9.23. The lowest BCUT2D eigenvalue weighted by atomic mass is 9.99. The summed E-state index contributed by atoms with van der Waals surface area (Å²) in [6.45, 7) is -0.558. The van der Waals surface area contributed by atoms with Crippen molar-refractivity contribution in [3.63, 3.8) is 0 Å². The lowest BCUT2D eigenvalue weighted by molar-refractivity contribution is -0.277. The quantitative estimate of drug-likeness (QED) is 0.488. The van der Waals surface area contributed by atoms with Gasteiger partial charge < -0.3 is 39.4 Å². The fourth-order valence-electron chi connectivity index (χ4n) is 3.18. The summed E-state index contributed by atoms with van der Waals surface area (Å²) in [6, 6.07) is 11.8. The number of ether oxygens (including phenoxy) is 4. The Morgan fingerprint density at radius 3 is 2.37 bits per heavy atom. The van der Waals surface area contributed by atoms with E-state index in [-0.39, 0.29) is 5.75 Å². The van der Waals surface area contributed by atoms with Crippen LogP contribution in [0.15, 0.2) is 42.5 Å². The Bertz CT molecular complexity index is 883. The van der Waals surface area contributed by atoms with Crippen LogP contribution in [0.2, 0.25) is 0 Å². The molecule has 2 aromatic rings. The summed E-state index contributed by atoms with van der Waals surface area (Å²) >= 11 is 0. The fraction of sp³-hybridized carbons (Fsp3) is 0.381. The van der Waals surface area contributed by atoms with E-state index in [9.17, 15) is 25.2 Å². The van der Waals surface area contributed by atoms with Gasteiger partial charge in [0.15, 0.2) is 11.5 Å². The van der Waals surface area contributed by atoms with Crippen LogP contribution in [0.25, 0.3) is 11.1 Å². The minimum absolute atomic E-state index is 0.217. The first-order valence-electron chi connectivity index (χ1n) is 9.23. The van der Waals surface area contributed by atoms with Crippen LogP contribution < -0.4 is 9.47 Å². The van der Waals surface area contributed by atoms with Gasteiger partial charge in [-0.3, -0.25) is 0 Å². The molecule has 9 nitrogen and oxygen atoms in total. The predicted octanol–water partition coefficient (Wildman–Crippen LogP) is 0.327. The number of hydrogen-bond donors (Lipinski definition) is 4. The molecule has 1 fully saturated rings. The van der Waals surface area contributed by atoms with Gasteiger partial charge in [-0.25, -0.2) is 4.79 Å². The van der Waals surface area contributed by atoms with Crippen molar-refractivity contribution in [2.24, 2.45) is 0 Å². The number of hydrogen-bond acceptors (Lipinski definition) is 9. The monoisotopic (exact) mass is 420 g/mol. The van der Waals surface area contributed by atoms with Gasteiger partial charge in [-0.15, -0.1) is 0 Å². The molecule has 1 unspecified atom stereocenters. The number of rotatable bonds is 6. The van der Waals surface area contributed by atoms with E-state index in [1.165, 1.54) is 14.2 Å². The molecular formula is C21H24O9. The van der Waals surface area contributed by atoms with Crippen LogP contribution in [0.4, 0.5) is 0 Å². The minimum Gasteiger partial charge on any atom is -0.493 e. The second-order valence-corrected chi connectivity index (χ2v) is 6.75. The van der Waals surface area contributed by atoms with E-state index in [1.807, 2.05) is 6.07 Å². The summed E-state index contributed by atoms with van der Waals surface area (Å²) in [6.07, 6.45) is -6.98. The second-order valence-electron chi connectivity index (χ2n) is 6.75. The van der Waals surface area contributed by atoms with E-state index >= 15 is 0 Å². The molecule has 0 spiro atoms. The maximum Gasteiger partial charge on any atom is 0.337 e. The van der Waals surface area contributed by atoms with Crippen LogP contribution in [-0.4, -0.2) is 77.9 Å². The standard InChI is InChI=1S/C21H24O9/c1-27-15-9-12(11-4-3-5-13(8-11)20(26)28-2)6-7-14(15)29-21-19(25)18(24)17(23)16(10-22)30-21/h3-9,16-19,21-25H,10H2,1-2H3/t16-,17+,18-,19+,21?/m0/s1. The Morgan fingerprint density at radius 1 is 0.967 bits per heavy atom. The predicted molar refractivity (Wildman–Crippen MR) is 104 cm³/mol. The summed E-state index contributed by atoms with van der Waals surface area (Å²) in [7, 11) is 2.74. The molecule has 9 heteroatoms. The molecule has 30 heavy (non-hydrogen) atoms. The maximum absolute atomic E-state index is 11.8. The minimum atomic E-state index is -1.55. The first kappa shape index (κ1) is 22.0. The molecule has 4 N–H and O–H groups in total. The molecule has 0 bridgehead atoms. The highest BCUT2D eigenvalue weighted by Crippen LogP contribution is 2.35. The van der Waals surface area contributed by atoms with Gasteiger partial charge in [0, 0.05) is 0 Å². The number of carbonyl (C=O) groups excluding carboxylic acids is 1. The summed E-state index contributed by atoms with van der Waals surface area (Å²) < 4.78 is 21.1. The molecule has 0 amide bonds. The molecule has 0 aliphatic carbocycles. The lowest BCUT2D eigenvalue weighted by Gasteiger charge is -2.39. The normalized spacial score (nSPS) is 26.1. The zero-order valence-corrected chi connectivity index (χ0v) is 16.5. The number of esters is 1. The molecule has 2 aromatic carbocycles. The van der Waals surface area contributed by atoms with Gasteiger partial charge in [0.05, 0.1) is 26.4 Å². The highest BCUT2D eigenvalue weighted by Gasteiger charge is 2.44. The first-order chi connectivity index (χ1) is 14.4. The zero-order chi connectivity index (χ0) is 21.8. The molecule has 162 valence electrons. The third kappa shape index (κ3) is 4.40. The van der Waals surface area contributed by atoms with Crippen molar-refractivity contribution in [3.8, 4) is 22.6 Å². The van der Waals surface area contributed by atoms with Crippen LogP contribution in [0.5, 0.6) is 11.5 Å². The van der Waals surface area contributed by atoms with Gasteiger partial charge >= 0.3 is 5.97 Å². The van der Waals surface area contributed by atoms with Crippen molar-refractivity contribution in [2.75, 3.05) is 20.8 Å². The Kier molecular flexibility index (Phi) is 6.91. The van der Waals surface area contributed by atoms with Crippen molar-refractivity contribution < 1.29 is 44.2 Å². The molecule has 3 rings (SSSR count).